The number of rotatable bonds is 8. The van der Waals surface area contributed by atoms with E-state index in [0.717, 1.165) is 31.2 Å². The zero-order valence-corrected chi connectivity index (χ0v) is 17.0. The normalized spacial score (nSPS) is 20.8. The highest BCUT2D eigenvalue weighted by molar-refractivity contribution is 7.58. The van der Waals surface area contributed by atoms with Crippen molar-refractivity contribution < 1.29 is 14.6 Å². The number of benzene rings is 1. The molecule has 7 heteroatoms. The fourth-order valence-electron chi connectivity index (χ4n) is 3.45. The summed E-state index contributed by atoms with van der Waals surface area (Å²) in [5, 5.41) is 14.3. The average molecular weight is 408 g/mol. The van der Waals surface area contributed by atoms with E-state index >= 15 is 0 Å². The van der Waals surface area contributed by atoms with Crippen LogP contribution in [-0.2, 0) is 4.57 Å². The van der Waals surface area contributed by atoms with E-state index < -0.39 is 13.5 Å². The second-order valence-electron chi connectivity index (χ2n) is 7.17. The van der Waals surface area contributed by atoms with Crippen LogP contribution >= 0.6 is 30.6 Å². The number of hydrogen-bond acceptors (Lipinski definition) is 3. The molecule has 1 unspecified atom stereocenters. The Morgan fingerprint density at radius 3 is 2.56 bits per heavy atom. The Morgan fingerprint density at radius 1 is 1.24 bits per heavy atom. The van der Waals surface area contributed by atoms with Crippen molar-refractivity contribution >= 4 is 30.6 Å². The van der Waals surface area contributed by atoms with Gasteiger partial charge in [-0.1, -0.05) is 48.5 Å². The van der Waals surface area contributed by atoms with E-state index in [2.05, 4.69) is 5.32 Å². The molecule has 3 atom stereocenters. The minimum Gasteiger partial charge on any atom is -0.391 e. The molecule has 1 aromatic carbocycles. The van der Waals surface area contributed by atoms with Crippen LogP contribution in [0.5, 0.6) is 0 Å². The largest absolute Gasteiger partial charge is 0.391 e. The van der Waals surface area contributed by atoms with Gasteiger partial charge in [-0.3, -0.25) is 4.57 Å². The summed E-state index contributed by atoms with van der Waals surface area (Å²) in [7, 11) is -3.29. The van der Waals surface area contributed by atoms with Gasteiger partial charge in [0.05, 0.1) is 22.3 Å². The lowest BCUT2D eigenvalue weighted by Gasteiger charge is -2.25. The minimum absolute atomic E-state index is 0.0409. The molecule has 1 aliphatic carbocycles. The molecule has 1 aliphatic rings. The van der Waals surface area contributed by atoms with Gasteiger partial charge in [0.15, 0.2) is 0 Å². The van der Waals surface area contributed by atoms with Crippen molar-refractivity contribution in [2.75, 3.05) is 18.9 Å². The van der Waals surface area contributed by atoms with Crippen molar-refractivity contribution in [2.45, 2.75) is 51.2 Å². The minimum atomic E-state index is -3.29. The zero-order chi connectivity index (χ0) is 18.4. The van der Waals surface area contributed by atoms with Crippen molar-refractivity contribution in [1.29, 1.82) is 0 Å². The molecule has 25 heavy (non-hydrogen) atoms. The fourth-order valence-corrected chi connectivity index (χ4v) is 5.87. The van der Waals surface area contributed by atoms with Gasteiger partial charge in [-0.05, 0) is 43.4 Å². The third-order valence-corrected chi connectivity index (χ3v) is 7.69. The molecule has 0 aliphatic heterocycles. The lowest BCUT2D eigenvalue weighted by Crippen LogP contribution is -2.32. The lowest BCUT2D eigenvalue weighted by atomic mass is 9.91. The molecule has 1 aromatic rings. The first-order valence-corrected chi connectivity index (χ1v) is 11.7. The molecular weight excluding hydrogens is 380 g/mol. The van der Waals surface area contributed by atoms with Gasteiger partial charge >= 0.3 is 0 Å². The third kappa shape index (κ3) is 7.21. The van der Waals surface area contributed by atoms with E-state index in [9.17, 15) is 14.6 Å². The smallest absolute Gasteiger partial charge is 0.203 e. The summed E-state index contributed by atoms with van der Waals surface area (Å²) in [6, 6.07) is 5.35. The first-order valence-electron chi connectivity index (χ1n) is 8.94. The van der Waals surface area contributed by atoms with Gasteiger partial charge in [0.25, 0.3) is 0 Å². The van der Waals surface area contributed by atoms with Gasteiger partial charge in [0.1, 0.15) is 0 Å². The molecule has 4 nitrogen and oxygen atoms in total. The highest BCUT2D eigenvalue weighted by atomic mass is 35.5. The summed E-state index contributed by atoms with van der Waals surface area (Å²) in [5.41, 5.74) is 0.955. The Morgan fingerprint density at radius 2 is 1.92 bits per heavy atom. The van der Waals surface area contributed by atoms with Gasteiger partial charge < -0.3 is 15.3 Å². The number of hydrogen-bond donors (Lipinski definition) is 3. The number of nitrogens with one attached hydrogen (secondary N) is 1. The molecule has 2 rings (SSSR count). The predicted octanol–water partition coefficient (Wildman–Crippen LogP) is 4.86. The van der Waals surface area contributed by atoms with Gasteiger partial charge in [-0.2, -0.15) is 0 Å². The van der Waals surface area contributed by atoms with E-state index in [0.29, 0.717) is 22.1 Å². The lowest BCUT2D eigenvalue weighted by molar-refractivity contribution is 0.186. The van der Waals surface area contributed by atoms with Crippen LogP contribution in [0.3, 0.4) is 0 Å². The first kappa shape index (κ1) is 21.2. The highest BCUT2D eigenvalue weighted by Crippen LogP contribution is 2.45. The quantitative estimate of drug-likeness (QED) is 0.538. The molecule has 0 aromatic heterocycles. The average Bonchev–Trinajstić information content (AvgIpc) is 2.55. The predicted molar refractivity (Wildman–Crippen MR) is 105 cm³/mol. The molecule has 0 saturated heterocycles. The Hall–Kier alpha value is -0.0900. The maximum absolute atomic E-state index is 12.4. The second kappa shape index (κ2) is 9.73. The molecule has 0 spiro atoms. The summed E-state index contributed by atoms with van der Waals surface area (Å²) in [6.07, 6.45) is 5.04. The maximum atomic E-state index is 12.4. The molecular formula is C18H28Cl2NO3P. The van der Waals surface area contributed by atoms with E-state index in [1.165, 1.54) is 6.42 Å². The van der Waals surface area contributed by atoms with Crippen molar-refractivity contribution in [3.8, 4) is 0 Å². The molecule has 0 heterocycles. The SMILES string of the molecule is C[C@H](NC[C@@H](O)CP(=O)(O)CC1CCCCC1)c1ccc(Cl)c(Cl)c1. The zero-order valence-electron chi connectivity index (χ0n) is 14.6. The van der Waals surface area contributed by atoms with Crippen LogP contribution in [-0.4, -0.2) is 35.0 Å². The third-order valence-electron chi connectivity index (χ3n) is 4.87. The Bertz CT molecular complexity index is 608. The van der Waals surface area contributed by atoms with E-state index in [-0.39, 0.29) is 18.7 Å². The molecule has 1 saturated carbocycles. The van der Waals surface area contributed by atoms with Crippen molar-refractivity contribution in [3.63, 3.8) is 0 Å². The van der Waals surface area contributed by atoms with Crippen LogP contribution in [0.4, 0.5) is 0 Å². The summed E-state index contributed by atoms with van der Waals surface area (Å²) in [5.74, 6) is 0.333. The summed E-state index contributed by atoms with van der Waals surface area (Å²) >= 11 is 11.9. The van der Waals surface area contributed by atoms with E-state index in [1.54, 1.807) is 12.1 Å². The molecule has 1 fully saturated rings. The van der Waals surface area contributed by atoms with Crippen molar-refractivity contribution in [2.24, 2.45) is 5.92 Å². The first-order chi connectivity index (χ1) is 11.8. The molecule has 0 bridgehead atoms. The van der Waals surface area contributed by atoms with Gasteiger partial charge in [-0.25, -0.2) is 0 Å². The highest BCUT2D eigenvalue weighted by Gasteiger charge is 2.28. The number of aliphatic hydroxyl groups is 1. The number of aliphatic hydroxyl groups excluding tert-OH is 1. The van der Waals surface area contributed by atoms with Crippen LogP contribution in [0.1, 0.15) is 50.6 Å². The van der Waals surface area contributed by atoms with Crippen LogP contribution < -0.4 is 5.32 Å². The van der Waals surface area contributed by atoms with Crippen LogP contribution in [0, 0.1) is 5.92 Å². The Balaban J connectivity index is 1.79. The van der Waals surface area contributed by atoms with Crippen LogP contribution in [0.15, 0.2) is 18.2 Å². The summed E-state index contributed by atoms with van der Waals surface area (Å²) in [6.45, 7) is 2.21. The van der Waals surface area contributed by atoms with Crippen LogP contribution in [0.2, 0.25) is 10.0 Å². The van der Waals surface area contributed by atoms with Crippen molar-refractivity contribution in [3.05, 3.63) is 33.8 Å². The summed E-state index contributed by atoms with van der Waals surface area (Å²) < 4.78 is 12.4. The standard InChI is InChI=1S/C18H28Cl2NO3P/c1-13(15-7-8-17(19)18(20)9-15)21-10-16(22)12-25(23,24)11-14-5-3-2-4-6-14/h7-9,13-14,16,21-22H,2-6,10-12H2,1H3,(H,23,24)/t13-,16+/m0/s1. The molecule has 142 valence electrons. The topological polar surface area (TPSA) is 69.6 Å². The monoisotopic (exact) mass is 407 g/mol. The van der Waals surface area contributed by atoms with E-state index in [1.807, 2.05) is 13.0 Å². The second-order valence-corrected chi connectivity index (χ2v) is 10.4. The maximum Gasteiger partial charge on any atom is 0.203 e. The van der Waals surface area contributed by atoms with Gasteiger partial charge in [0.2, 0.25) is 7.37 Å². The van der Waals surface area contributed by atoms with Crippen molar-refractivity contribution in [1.82, 2.24) is 5.32 Å². The Kier molecular flexibility index (Phi) is 8.26. The summed E-state index contributed by atoms with van der Waals surface area (Å²) in [4.78, 5) is 10.2. The van der Waals surface area contributed by atoms with Gasteiger partial charge in [-0.15, -0.1) is 0 Å². The van der Waals surface area contributed by atoms with Gasteiger partial charge in [0, 0.05) is 18.7 Å². The number of halogens is 2. The molecule has 0 radical (unpaired) electrons. The van der Waals surface area contributed by atoms with E-state index in [4.69, 9.17) is 23.2 Å². The fraction of sp³-hybridized carbons (Fsp3) is 0.667. The van der Waals surface area contributed by atoms with Crippen LogP contribution in [0.25, 0.3) is 0 Å². The molecule has 0 amide bonds. The Labute approximate surface area is 160 Å². The molecule has 3 N–H and O–H groups in total.